The molecule has 0 aliphatic rings. The Balaban J connectivity index is 2.43. The van der Waals surface area contributed by atoms with E-state index in [2.05, 4.69) is 0 Å². The largest absolute Gasteiger partial charge is 0.326 e. The first-order chi connectivity index (χ1) is 9.44. The monoisotopic (exact) mass is 289 g/mol. The van der Waals surface area contributed by atoms with Crippen molar-refractivity contribution in [2.45, 2.75) is 31.0 Å². The van der Waals surface area contributed by atoms with Crippen LogP contribution in [-0.2, 0) is 22.1 Å². The van der Waals surface area contributed by atoms with Gasteiger partial charge >= 0.3 is 0 Å². The fraction of sp³-hybridized carbons (Fsp3) is 0.250. The Labute approximate surface area is 120 Å². The molecule has 2 aromatic carbocycles. The van der Waals surface area contributed by atoms with Crippen LogP contribution in [0.2, 0.25) is 0 Å². The Morgan fingerprint density at radius 1 is 1.00 bits per heavy atom. The van der Waals surface area contributed by atoms with Gasteiger partial charge < -0.3 is 5.73 Å². The van der Waals surface area contributed by atoms with Crippen molar-refractivity contribution < 1.29 is 8.42 Å². The summed E-state index contributed by atoms with van der Waals surface area (Å²) >= 11 is 0. The van der Waals surface area contributed by atoms with Crippen LogP contribution < -0.4 is 5.73 Å². The van der Waals surface area contributed by atoms with Crippen LogP contribution in [0.15, 0.2) is 47.4 Å². The molecule has 0 aliphatic carbocycles. The summed E-state index contributed by atoms with van der Waals surface area (Å²) in [6.07, 6.45) is 0. The van der Waals surface area contributed by atoms with E-state index in [9.17, 15) is 8.42 Å². The maximum atomic E-state index is 12.6. The quantitative estimate of drug-likeness (QED) is 0.941. The molecule has 2 rings (SSSR count). The molecule has 0 heterocycles. The number of rotatable bonds is 4. The van der Waals surface area contributed by atoms with E-state index in [0.717, 1.165) is 22.3 Å². The van der Waals surface area contributed by atoms with Gasteiger partial charge in [-0.05, 0) is 42.2 Å². The van der Waals surface area contributed by atoms with E-state index in [1.54, 1.807) is 6.07 Å². The van der Waals surface area contributed by atoms with Crippen molar-refractivity contribution in [3.63, 3.8) is 0 Å². The van der Waals surface area contributed by atoms with Crippen molar-refractivity contribution in [3.05, 3.63) is 64.7 Å². The van der Waals surface area contributed by atoms with Gasteiger partial charge in [0, 0.05) is 6.54 Å². The molecule has 2 N–H and O–H groups in total. The average Bonchev–Trinajstić information content (AvgIpc) is 2.41. The van der Waals surface area contributed by atoms with Crippen LogP contribution >= 0.6 is 0 Å². The van der Waals surface area contributed by atoms with Crippen LogP contribution in [0.4, 0.5) is 0 Å². The number of hydrogen-bond donors (Lipinski definition) is 1. The fourth-order valence-electron chi connectivity index (χ4n) is 2.22. The molecule has 0 aromatic heterocycles. The lowest BCUT2D eigenvalue weighted by Crippen LogP contribution is -2.10. The van der Waals surface area contributed by atoms with Gasteiger partial charge in [0.1, 0.15) is 0 Å². The lowest BCUT2D eigenvalue weighted by molar-refractivity contribution is 0.594. The van der Waals surface area contributed by atoms with Gasteiger partial charge in [0.05, 0.1) is 10.6 Å². The van der Waals surface area contributed by atoms with Gasteiger partial charge in [-0.3, -0.25) is 0 Å². The number of aryl methyl sites for hydroxylation is 2. The van der Waals surface area contributed by atoms with Crippen LogP contribution in [0.5, 0.6) is 0 Å². The lowest BCUT2D eigenvalue weighted by Gasteiger charge is -2.11. The number of benzene rings is 2. The Kier molecular flexibility index (Phi) is 4.26. The minimum Gasteiger partial charge on any atom is -0.326 e. The van der Waals surface area contributed by atoms with Crippen LogP contribution in [-0.4, -0.2) is 8.42 Å². The summed E-state index contributed by atoms with van der Waals surface area (Å²) < 4.78 is 25.2. The van der Waals surface area contributed by atoms with Crippen molar-refractivity contribution in [2.75, 3.05) is 0 Å². The average molecular weight is 289 g/mol. The molecule has 106 valence electrons. The molecule has 0 saturated carbocycles. The summed E-state index contributed by atoms with van der Waals surface area (Å²) in [5.74, 6) is -0.00926. The molecule has 0 aliphatic heterocycles. The summed E-state index contributed by atoms with van der Waals surface area (Å²) in [6.45, 7) is 4.06. The second-order valence-electron chi connectivity index (χ2n) is 5.00. The summed E-state index contributed by atoms with van der Waals surface area (Å²) in [6, 6.07) is 12.9. The van der Waals surface area contributed by atoms with E-state index < -0.39 is 9.84 Å². The molecule has 2 aromatic rings. The van der Waals surface area contributed by atoms with E-state index in [1.165, 1.54) is 0 Å². The van der Waals surface area contributed by atoms with Crippen molar-refractivity contribution in [1.82, 2.24) is 0 Å². The summed E-state index contributed by atoms with van der Waals surface area (Å²) in [4.78, 5) is 0.407. The first-order valence-corrected chi connectivity index (χ1v) is 8.16. The second kappa shape index (κ2) is 5.77. The molecule has 0 saturated heterocycles. The highest BCUT2D eigenvalue weighted by Crippen LogP contribution is 2.22. The Bertz CT molecular complexity index is 721. The van der Waals surface area contributed by atoms with Crippen molar-refractivity contribution in [1.29, 1.82) is 0 Å². The standard InChI is InChI=1S/C16H19NO2S/c1-12-7-8-13(2)16(9-12)20(18,19)11-15-6-4-3-5-14(15)10-17/h3-9H,10-11,17H2,1-2H3. The lowest BCUT2D eigenvalue weighted by atomic mass is 10.1. The highest BCUT2D eigenvalue weighted by molar-refractivity contribution is 7.90. The predicted octanol–water partition coefficient (Wildman–Crippen LogP) is 2.74. The Morgan fingerprint density at radius 2 is 1.65 bits per heavy atom. The van der Waals surface area contributed by atoms with Gasteiger partial charge in [-0.2, -0.15) is 0 Å². The van der Waals surface area contributed by atoms with E-state index in [4.69, 9.17) is 5.73 Å². The van der Waals surface area contributed by atoms with Gasteiger partial charge in [0.2, 0.25) is 0 Å². The third kappa shape index (κ3) is 3.08. The minimum absolute atomic E-state index is 0.00926. The first kappa shape index (κ1) is 14.8. The minimum atomic E-state index is -3.35. The zero-order valence-corrected chi connectivity index (χ0v) is 12.6. The van der Waals surface area contributed by atoms with Crippen molar-refractivity contribution in [3.8, 4) is 0 Å². The highest BCUT2D eigenvalue weighted by Gasteiger charge is 2.19. The van der Waals surface area contributed by atoms with Gasteiger partial charge in [0.25, 0.3) is 0 Å². The Hall–Kier alpha value is -1.65. The summed E-state index contributed by atoms with van der Waals surface area (Å²) in [5, 5.41) is 0. The van der Waals surface area contributed by atoms with E-state index in [-0.39, 0.29) is 5.75 Å². The van der Waals surface area contributed by atoms with Gasteiger partial charge in [-0.1, -0.05) is 36.4 Å². The molecule has 0 fully saturated rings. The topological polar surface area (TPSA) is 60.2 Å². The van der Waals surface area contributed by atoms with Crippen molar-refractivity contribution >= 4 is 9.84 Å². The van der Waals surface area contributed by atoms with Crippen LogP contribution in [0.25, 0.3) is 0 Å². The molecule has 0 bridgehead atoms. The van der Waals surface area contributed by atoms with E-state index in [1.807, 2.05) is 50.2 Å². The SMILES string of the molecule is Cc1ccc(C)c(S(=O)(=O)Cc2ccccc2CN)c1. The molecule has 0 radical (unpaired) electrons. The highest BCUT2D eigenvalue weighted by atomic mass is 32.2. The maximum Gasteiger partial charge on any atom is 0.182 e. The summed E-state index contributed by atoms with van der Waals surface area (Å²) in [7, 11) is -3.35. The van der Waals surface area contributed by atoms with E-state index >= 15 is 0 Å². The smallest absolute Gasteiger partial charge is 0.182 e. The molecule has 0 atom stereocenters. The fourth-order valence-corrected chi connectivity index (χ4v) is 3.99. The third-order valence-corrected chi connectivity index (χ3v) is 5.16. The maximum absolute atomic E-state index is 12.6. The third-order valence-electron chi connectivity index (χ3n) is 3.36. The number of sulfone groups is 1. The molecule has 0 unspecified atom stereocenters. The first-order valence-electron chi connectivity index (χ1n) is 6.51. The van der Waals surface area contributed by atoms with Gasteiger partial charge in [-0.25, -0.2) is 8.42 Å². The second-order valence-corrected chi connectivity index (χ2v) is 6.96. The summed E-state index contributed by atoms with van der Waals surface area (Å²) in [5.41, 5.74) is 9.04. The number of nitrogens with two attached hydrogens (primary N) is 1. The molecule has 0 amide bonds. The zero-order valence-electron chi connectivity index (χ0n) is 11.8. The van der Waals surface area contributed by atoms with E-state index in [0.29, 0.717) is 11.4 Å². The normalized spacial score (nSPS) is 11.6. The van der Waals surface area contributed by atoms with Gasteiger partial charge in [0.15, 0.2) is 9.84 Å². The molecular weight excluding hydrogens is 270 g/mol. The molecule has 20 heavy (non-hydrogen) atoms. The molecule has 4 heteroatoms. The molecule has 3 nitrogen and oxygen atoms in total. The Morgan fingerprint density at radius 3 is 2.30 bits per heavy atom. The predicted molar refractivity (Wildman–Crippen MR) is 81.1 cm³/mol. The van der Waals surface area contributed by atoms with Crippen LogP contribution in [0.1, 0.15) is 22.3 Å². The van der Waals surface area contributed by atoms with Crippen molar-refractivity contribution in [2.24, 2.45) is 5.73 Å². The molecular formula is C16H19NO2S. The van der Waals surface area contributed by atoms with Crippen LogP contribution in [0.3, 0.4) is 0 Å². The zero-order chi connectivity index (χ0) is 14.8. The molecule has 0 spiro atoms. The van der Waals surface area contributed by atoms with Crippen LogP contribution in [0, 0.1) is 13.8 Å². The van der Waals surface area contributed by atoms with Gasteiger partial charge in [-0.15, -0.1) is 0 Å². The number of hydrogen-bond acceptors (Lipinski definition) is 3.